The van der Waals surface area contributed by atoms with Gasteiger partial charge in [0.1, 0.15) is 0 Å². The van der Waals surface area contributed by atoms with Crippen molar-refractivity contribution in [3.63, 3.8) is 0 Å². The first kappa shape index (κ1) is 20.9. The van der Waals surface area contributed by atoms with Crippen LogP contribution in [-0.4, -0.2) is 37.2 Å². The molecule has 3 N–H and O–H groups in total. The minimum Gasteiger partial charge on any atom is -0.378 e. The van der Waals surface area contributed by atoms with Gasteiger partial charge in [-0.25, -0.2) is 0 Å². The first-order valence-corrected chi connectivity index (χ1v) is 10.4. The lowest BCUT2D eigenvalue weighted by atomic mass is 9.72. The van der Waals surface area contributed by atoms with E-state index in [2.05, 4.69) is 45.9 Å². The van der Waals surface area contributed by atoms with Crippen LogP contribution in [-0.2, 0) is 21.4 Å². The van der Waals surface area contributed by atoms with Crippen LogP contribution in [0, 0.1) is 0 Å². The van der Waals surface area contributed by atoms with Crippen LogP contribution in [0.2, 0.25) is 0 Å². The van der Waals surface area contributed by atoms with E-state index in [-0.39, 0.29) is 35.9 Å². The molecule has 2 aliphatic rings. The predicted octanol–water partition coefficient (Wildman–Crippen LogP) is 3.64. The van der Waals surface area contributed by atoms with Crippen molar-refractivity contribution in [2.24, 2.45) is 0 Å². The summed E-state index contributed by atoms with van der Waals surface area (Å²) in [4.78, 5) is 16.3. The number of aromatic amines is 1. The number of methoxy groups -OCH3 is 1. The Morgan fingerprint density at radius 2 is 1.87 bits per heavy atom. The molecule has 1 spiro atoms. The molecule has 158 valence electrons. The van der Waals surface area contributed by atoms with Crippen molar-refractivity contribution in [1.82, 2.24) is 15.6 Å². The molecule has 1 aliphatic carbocycles. The average Bonchev–Trinajstić information content (AvgIpc) is 3.27. The van der Waals surface area contributed by atoms with Crippen LogP contribution in [0.25, 0.3) is 10.9 Å². The van der Waals surface area contributed by atoms with Crippen LogP contribution < -0.4 is 10.6 Å². The Hall–Kier alpha value is -2.34. The van der Waals surface area contributed by atoms with Gasteiger partial charge in [-0.3, -0.25) is 4.79 Å². The number of fused-ring (bicyclic) bond motifs is 3. The molecule has 5 nitrogen and oxygen atoms in total. The molecule has 0 bridgehead atoms. The Labute approximate surface area is 183 Å². The molecule has 0 saturated carbocycles. The van der Waals surface area contributed by atoms with E-state index < -0.39 is 0 Å². The summed E-state index contributed by atoms with van der Waals surface area (Å²) in [7, 11) is 1.78. The van der Waals surface area contributed by atoms with Gasteiger partial charge >= 0.3 is 0 Å². The number of H-pyrrole nitrogens is 1. The summed E-state index contributed by atoms with van der Waals surface area (Å²) in [6.07, 6.45) is 4.30. The highest BCUT2D eigenvalue weighted by Gasteiger charge is 2.53. The molecular weight excluding hydrogens is 398 g/mol. The molecule has 2 heterocycles. The van der Waals surface area contributed by atoms with Crippen molar-refractivity contribution < 1.29 is 9.53 Å². The summed E-state index contributed by atoms with van der Waals surface area (Å²) in [6.45, 7) is 1.95. The summed E-state index contributed by atoms with van der Waals surface area (Å²) in [5.74, 6) is 0.0302. The molecule has 0 unspecified atom stereocenters. The standard InChI is InChI=1S/C24H27N3O2.ClH/c1-29-23-22(18-7-2-4-8-19(18)24(23)10-12-25-13-11-24)27-21(28)14-16-15-26-20-9-5-3-6-17(16)20;/h2-9,15,22-23,25-26H,10-14H2,1H3,(H,27,28);1H/t22-,23+;/m1./s1. The van der Waals surface area contributed by atoms with Gasteiger partial charge < -0.3 is 20.4 Å². The zero-order valence-electron chi connectivity index (χ0n) is 17.1. The molecule has 1 saturated heterocycles. The Bertz CT molecular complexity index is 1040. The number of aromatic nitrogens is 1. The Morgan fingerprint density at radius 3 is 2.67 bits per heavy atom. The second-order valence-corrected chi connectivity index (χ2v) is 8.23. The molecule has 6 heteroatoms. The lowest BCUT2D eigenvalue weighted by molar-refractivity contribution is -0.122. The van der Waals surface area contributed by atoms with Crippen molar-refractivity contribution in [3.05, 3.63) is 71.4 Å². The lowest BCUT2D eigenvalue weighted by Crippen LogP contribution is -2.49. The van der Waals surface area contributed by atoms with E-state index >= 15 is 0 Å². The van der Waals surface area contributed by atoms with Crippen LogP contribution in [0.1, 0.15) is 35.6 Å². The van der Waals surface area contributed by atoms with E-state index in [1.165, 1.54) is 11.1 Å². The van der Waals surface area contributed by atoms with Crippen LogP contribution in [0.3, 0.4) is 0 Å². The van der Waals surface area contributed by atoms with E-state index in [4.69, 9.17) is 4.74 Å². The number of halogens is 1. The zero-order valence-corrected chi connectivity index (χ0v) is 17.9. The number of piperidine rings is 1. The predicted molar refractivity (Wildman–Crippen MR) is 121 cm³/mol. The minimum atomic E-state index is -0.119. The van der Waals surface area contributed by atoms with Crippen LogP contribution in [0.5, 0.6) is 0 Å². The van der Waals surface area contributed by atoms with Gasteiger partial charge in [-0.15, -0.1) is 12.4 Å². The Balaban J connectivity index is 0.00000218. The molecular formula is C24H28ClN3O2. The number of carbonyl (C=O) groups is 1. The second kappa shape index (κ2) is 8.42. The molecule has 30 heavy (non-hydrogen) atoms. The number of para-hydroxylation sites is 1. The number of ether oxygens (including phenoxy) is 1. The van der Waals surface area contributed by atoms with E-state index in [1.54, 1.807) is 7.11 Å². The fourth-order valence-electron chi connectivity index (χ4n) is 5.47. The SMILES string of the molecule is CO[C@H]1[C@H](NC(=O)Cc2c[nH]c3ccccc23)c2ccccc2C12CCNCC2.Cl. The summed E-state index contributed by atoms with van der Waals surface area (Å²) < 4.78 is 6.06. The third-order valence-corrected chi connectivity index (χ3v) is 6.77. The lowest BCUT2D eigenvalue weighted by Gasteiger charge is -2.40. The van der Waals surface area contributed by atoms with Crippen molar-refractivity contribution in [1.29, 1.82) is 0 Å². The maximum Gasteiger partial charge on any atom is 0.225 e. The van der Waals surface area contributed by atoms with Gasteiger partial charge in [0.15, 0.2) is 0 Å². The second-order valence-electron chi connectivity index (χ2n) is 8.23. The molecule has 1 aliphatic heterocycles. The molecule has 2 atom stereocenters. The van der Waals surface area contributed by atoms with Crippen LogP contribution in [0.15, 0.2) is 54.7 Å². The highest BCUT2D eigenvalue weighted by Crippen LogP contribution is 2.51. The summed E-state index contributed by atoms with van der Waals surface area (Å²) in [5.41, 5.74) is 4.59. The van der Waals surface area contributed by atoms with Crippen molar-refractivity contribution in [2.45, 2.75) is 36.8 Å². The van der Waals surface area contributed by atoms with Crippen molar-refractivity contribution in [3.8, 4) is 0 Å². The summed E-state index contributed by atoms with van der Waals surface area (Å²) >= 11 is 0. The third-order valence-electron chi connectivity index (χ3n) is 6.77. The minimum absolute atomic E-state index is 0. The maximum absolute atomic E-state index is 13.1. The van der Waals surface area contributed by atoms with E-state index in [0.717, 1.165) is 42.4 Å². The molecule has 2 aromatic carbocycles. The fourth-order valence-corrected chi connectivity index (χ4v) is 5.47. The smallest absolute Gasteiger partial charge is 0.225 e. The van der Waals surface area contributed by atoms with E-state index in [9.17, 15) is 4.79 Å². The fraction of sp³-hybridized carbons (Fsp3) is 0.375. The maximum atomic E-state index is 13.1. The van der Waals surface area contributed by atoms with Gasteiger partial charge in [0.25, 0.3) is 0 Å². The topological polar surface area (TPSA) is 66.1 Å². The van der Waals surface area contributed by atoms with E-state index in [1.807, 2.05) is 24.4 Å². The number of nitrogens with one attached hydrogen (secondary N) is 3. The first-order chi connectivity index (χ1) is 14.2. The largest absolute Gasteiger partial charge is 0.378 e. The molecule has 3 aromatic rings. The number of hydrogen-bond donors (Lipinski definition) is 3. The third kappa shape index (κ3) is 3.31. The number of carbonyl (C=O) groups excluding carboxylic acids is 1. The van der Waals surface area contributed by atoms with Gasteiger partial charge in [-0.05, 0) is 48.7 Å². The number of amides is 1. The monoisotopic (exact) mass is 425 g/mol. The van der Waals surface area contributed by atoms with Crippen molar-refractivity contribution in [2.75, 3.05) is 20.2 Å². The van der Waals surface area contributed by atoms with Gasteiger partial charge in [0, 0.05) is 29.6 Å². The van der Waals surface area contributed by atoms with Crippen LogP contribution in [0.4, 0.5) is 0 Å². The first-order valence-electron chi connectivity index (χ1n) is 10.4. The number of rotatable bonds is 4. The average molecular weight is 426 g/mol. The Kier molecular flexibility index (Phi) is 5.87. The highest BCUT2D eigenvalue weighted by atomic mass is 35.5. The summed E-state index contributed by atoms with van der Waals surface area (Å²) in [6, 6.07) is 16.5. The number of benzene rings is 2. The molecule has 1 amide bonds. The molecule has 1 aromatic heterocycles. The van der Waals surface area contributed by atoms with Gasteiger partial charge in [0.05, 0.1) is 18.6 Å². The summed E-state index contributed by atoms with van der Waals surface area (Å²) in [5, 5.41) is 7.88. The quantitative estimate of drug-likeness (QED) is 0.598. The Morgan fingerprint density at radius 1 is 1.13 bits per heavy atom. The normalized spacial score (nSPS) is 21.9. The number of hydrogen-bond acceptors (Lipinski definition) is 3. The zero-order chi connectivity index (χ0) is 19.8. The molecule has 5 rings (SSSR count). The molecule has 0 radical (unpaired) electrons. The van der Waals surface area contributed by atoms with Gasteiger partial charge in [-0.2, -0.15) is 0 Å². The van der Waals surface area contributed by atoms with Gasteiger partial charge in [-0.1, -0.05) is 42.5 Å². The van der Waals surface area contributed by atoms with Crippen molar-refractivity contribution >= 4 is 29.2 Å². The molecule has 1 fully saturated rings. The van der Waals surface area contributed by atoms with Gasteiger partial charge in [0.2, 0.25) is 5.91 Å². The highest BCUT2D eigenvalue weighted by molar-refractivity contribution is 5.89. The van der Waals surface area contributed by atoms with E-state index in [0.29, 0.717) is 6.42 Å². The van der Waals surface area contributed by atoms with Crippen LogP contribution >= 0.6 is 12.4 Å².